The summed E-state index contributed by atoms with van der Waals surface area (Å²) in [5.74, 6) is -0.0853. The maximum atomic E-state index is 13.8. The molecule has 20 heavy (non-hydrogen) atoms. The number of anilines is 1. The van der Waals surface area contributed by atoms with E-state index in [4.69, 9.17) is 0 Å². The van der Waals surface area contributed by atoms with Crippen molar-refractivity contribution >= 4 is 5.82 Å². The Morgan fingerprint density at radius 2 is 1.65 bits per heavy atom. The van der Waals surface area contributed by atoms with Gasteiger partial charge in [-0.15, -0.1) is 0 Å². The molecule has 0 unspecified atom stereocenters. The molecule has 106 valence electrons. The quantitative estimate of drug-likeness (QED) is 0.934. The maximum Gasteiger partial charge on any atom is 0.186 e. The number of hydrogen-bond acceptors (Lipinski definition) is 3. The lowest BCUT2D eigenvalue weighted by Gasteiger charge is -2.24. The van der Waals surface area contributed by atoms with Gasteiger partial charge in [-0.1, -0.05) is 12.1 Å². The molecule has 0 aliphatic rings. The first-order valence-corrected chi connectivity index (χ1v) is 6.34. The van der Waals surface area contributed by atoms with Crippen molar-refractivity contribution in [2.75, 3.05) is 12.4 Å². The Kier molecular flexibility index (Phi) is 3.70. The minimum absolute atomic E-state index is 0.169. The van der Waals surface area contributed by atoms with Crippen molar-refractivity contribution in [2.24, 2.45) is 0 Å². The lowest BCUT2D eigenvalue weighted by Crippen LogP contribution is -2.24. The highest BCUT2D eigenvalue weighted by atomic mass is 19.1. The van der Waals surface area contributed by atoms with Gasteiger partial charge in [-0.2, -0.15) is 0 Å². The average Bonchev–Trinajstić information content (AvgIpc) is 2.42. The molecule has 0 aliphatic heterocycles. The molecule has 0 atom stereocenters. The molecule has 2 rings (SSSR count). The lowest BCUT2D eigenvalue weighted by molar-refractivity contribution is 0.555. The van der Waals surface area contributed by atoms with Crippen molar-refractivity contribution in [3.05, 3.63) is 53.0 Å². The predicted molar refractivity (Wildman–Crippen MR) is 74.8 cm³/mol. The van der Waals surface area contributed by atoms with Crippen molar-refractivity contribution in [1.82, 2.24) is 9.97 Å². The normalized spacial score (nSPS) is 11.5. The second-order valence-electron chi connectivity index (χ2n) is 5.18. The lowest BCUT2D eigenvalue weighted by atomic mass is 9.83. The van der Waals surface area contributed by atoms with E-state index in [9.17, 15) is 8.78 Å². The van der Waals surface area contributed by atoms with Gasteiger partial charge in [0.25, 0.3) is 0 Å². The first-order chi connectivity index (χ1) is 9.36. The third-order valence-corrected chi connectivity index (χ3v) is 3.38. The van der Waals surface area contributed by atoms with Gasteiger partial charge in [0.1, 0.15) is 11.6 Å². The smallest absolute Gasteiger partial charge is 0.186 e. The molecule has 1 aromatic carbocycles. The van der Waals surface area contributed by atoms with Crippen molar-refractivity contribution in [2.45, 2.75) is 26.2 Å². The molecule has 1 heterocycles. The van der Waals surface area contributed by atoms with Gasteiger partial charge in [0, 0.05) is 12.5 Å². The first kappa shape index (κ1) is 14.4. The summed E-state index contributed by atoms with van der Waals surface area (Å²) in [5, 5.41) is 2.72. The van der Waals surface area contributed by atoms with Crippen LogP contribution in [0.3, 0.4) is 0 Å². The minimum atomic E-state index is -0.544. The van der Waals surface area contributed by atoms with Crippen LogP contribution in [0, 0.1) is 18.6 Å². The van der Waals surface area contributed by atoms with E-state index in [0.717, 1.165) is 5.56 Å². The molecule has 0 amide bonds. The number of nitrogens with one attached hydrogen (secondary N) is 1. The standard InChI is InChI=1S/C15H17F2N3/c1-9-12(17)13(18-4)20-14(19-9)15(2,3)10-5-7-11(16)8-6-10/h5-8H,1-4H3,(H,18,19,20). The molecule has 0 bridgehead atoms. The second-order valence-corrected chi connectivity index (χ2v) is 5.18. The highest BCUT2D eigenvalue weighted by Crippen LogP contribution is 2.30. The zero-order valence-corrected chi connectivity index (χ0v) is 12.0. The summed E-state index contributed by atoms with van der Waals surface area (Å²) in [6.45, 7) is 5.45. The fourth-order valence-corrected chi connectivity index (χ4v) is 2.00. The molecule has 1 N–H and O–H groups in total. The number of hydrogen-bond donors (Lipinski definition) is 1. The highest BCUT2D eigenvalue weighted by Gasteiger charge is 2.28. The molecular weight excluding hydrogens is 260 g/mol. The number of aromatic nitrogens is 2. The van der Waals surface area contributed by atoms with E-state index in [2.05, 4.69) is 15.3 Å². The van der Waals surface area contributed by atoms with E-state index in [-0.39, 0.29) is 17.3 Å². The summed E-state index contributed by atoms with van der Waals surface area (Å²) < 4.78 is 26.8. The van der Waals surface area contributed by atoms with Crippen LogP contribution in [0.4, 0.5) is 14.6 Å². The van der Waals surface area contributed by atoms with Crippen LogP contribution in [0.5, 0.6) is 0 Å². The van der Waals surface area contributed by atoms with Crippen molar-refractivity contribution in [3.63, 3.8) is 0 Å². The van der Waals surface area contributed by atoms with Crippen molar-refractivity contribution in [3.8, 4) is 0 Å². The van der Waals surface area contributed by atoms with E-state index in [1.54, 1.807) is 26.1 Å². The summed E-state index contributed by atoms with van der Waals surface area (Å²) in [5.41, 5.74) is 0.610. The fraction of sp³-hybridized carbons (Fsp3) is 0.333. The van der Waals surface area contributed by atoms with Crippen LogP contribution in [0.15, 0.2) is 24.3 Å². The third-order valence-electron chi connectivity index (χ3n) is 3.38. The van der Waals surface area contributed by atoms with Crippen LogP contribution >= 0.6 is 0 Å². The summed E-state index contributed by atoms with van der Waals surface area (Å²) in [7, 11) is 1.61. The van der Waals surface area contributed by atoms with Crippen LogP contribution in [0.25, 0.3) is 0 Å². The van der Waals surface area contributed by atoms with E-state index < -0.39 is 11.2 Å². The van der Waals surface area contributed by atoms with E-state index in [0.29, 0.717) is 5.82 Å². The van der Waals surface area contributed by atoms with E-state index in [1.807, 2.05) is 13.8 Å². The molecule has 0 radical (unpaired) electrons. The number of benzene rings is 1. The largest absolute Gasteiger partial charge is 0.371 e. The van der Waals surface area contributed by atoms with Gasteiger partial charge in [0.05, 0.1) is 5.69 Å². The van der Waals surface area contributed by atoms with Crippen LogP contribution in [-0.4, -0.2) is 17.0 Å². The predicted octanol–water partition coefficient (Wildman–Crippen LogP) is 3.43. The monoisotopic (exact) mass is 277 g/mol. The van der Waals surface area contributed by atoms with Crippen LogP contribution in [0.1, 0.15) is 30.9 Å². The number of halogens is 2. The third kappa shape index (κ3) is 2.48. The van der Waals surface area contributed by atoms with Crippen LogP contribution in [0.2, 0.25) is 0 Å². The first-order valence-electron chi connectivity index (χ1n) is 6.34. The van der Waals surface area contributed by atoms with Gasteiger partial charge in [-0.3, -0.25) is 0 Å². The Morgan fingerprint density at radius 3 is 2.20 bits per heavy atom. The molecule has 1 aromatic heterocycles. The summed E-state index contributed by atoms with van der Waals surface area (Å²) >= 11 is 0. The SMILES string of the molecule is CNc1nc(C(C)(C)c2ccc(F)cc2)nc(C)c1F. The van der Waals surface area contributed by atoms with Gasteiger partial charge < -0.3 is 5.32 Å². The Labute approximate surface area is 117 Å². The molecular formula is C15H17F2N3. The van der Waals surface area contributed by atoms with Crippen LogP contribution < -0.4 is 5.32 Å². The summed E-state index contributed by atoms with van der Waals surface area (Å²) in [4.78, 5) is 8.46. The highest BCUT2D eigenvalue weighted by molar-refractivity contribution is 5.40. The van der Waals surface area contributed by atoms with Gasteiger partial charge in [0.2, 0.25) is 0 Å². The molecule has 2 aromatic rings. The molecule has 0 aliphatic carbocycles. The fourth-order valence-electron chi connectivity index (χ4n) is 2.00. The average molecular weight is 277 g/mol. The minimum Gasteiger partial charge on any atom is -0.371 e. The maximum absolute atomic E-state index is 13.8. The zero-order valence-electron chi connectivity index (χ0n) is 12.0. The molecule has 0 fully saturated rings. The molecule has 3 nitrogen and oxygen atoms in total. The van der Waals surface area contributed by atoms with Gasteiger partial charge in [-0.05, 0) is 38.5 Å². The second kappa shape index (κ2) is 5.15. The Balaban J connectivity index is 2.53. The number of aryl methyl sites for hydroxylation is 1. The topological polar surface area (TPSA) is 37.8 Å². The van der Waals surface area contributed by atoms with Gasteiger partial charge >= 0.3 is 0 Å². The number of rotatable bonds is 3. The number of nitrogens with zero attached hydrogens (tertiary/aromatic N) is 2. The molecule has 5 heteroatoms. The Hall–Kier alpha value is -2.04. The molecule has 0 saturated heterocycles. The Bertz CT molecular complexity index is 622. The van der Waals surface area contributed by atoms with Gasteiger partial charge in [0.15, 0.2) is 11.6 Å². The van der Waals surface area contributed by atoms with Crippen LogP contribution in [-0.2, 0) is 5.41 Å². The zero-order chi connectivity index (χ0) is 14.9. The summed E-state index contributed by atoms with van der Waals surface area (Å²) in [6.07, 6.45) is 0. The Morgan fingerprint density at radius 1 is 1.05 bits per heavy atom. The summed E-state index contributed by atoms with van der Waals surface area (Å²) in [6, 6.07) is 6.17. The van der Waals surface area contributed by atoms with Gasteiger partial charge in [-0.25, -0.2) is 18.7 Å². The van der Waals surface area contributed by atoms with E-state index >= 15 is 0 Å². The van der Waals surface area contributed by atoms with Crippen molar-refractivity contribution in [1.29, 1.82) is 0 Å². The van der Waals surface area contributed by atoms with Crippen molar-refractivity contribution < 1.29 is 8.78 Å². The van der Waals surface area contributed by atoms with E-state index in [1.165, 1.54) is 12.1 Å². The molecule has 0 saturated carbocycles. The molecule has 0 spiro atoms.